The average molecular weight is 403 g/mol. The van der Waals surface area contributed by atoms with Gasteiger partial charge in [-0.3, -0.25) is 9.69 Å². The summed E-state index contributed by atoms with van der Waals surface area (Å²) in [5.74, 6) is -0.0715. The van der Waals surface area contributed by atoms with Crippen LogP contribution in [0.25, 0.3) is 0 Å². The molecule has 1 aromatic heterocycles. The van der Waals surface area contributed by atoms with Crippen molar-refractivity contribution in [2.24, 2.45) is 0 Å². The lowest BCUT2D eigenvalue weighted by Crippen LogP contribution is -2.55. The van der Waals surface area contributed by atoms with Crippen LogP contribution in [0.3, 0.4) is 0 Å². The van der Waals surface area contributed by atoms with Crippen molar-refractivity contribution in [3.63, 3.8) is 0 Å². The fourth-order valence-electron chi connectivity index (χ4n) is 4.11. The van der Waals surface area contributed by atoms with Crippen molar-refractivity contribution >= 4 is 15.8 Å². The molecule has 1 atom stereocenters. The standard InChI is InChI=1S/C20H26N4O3S/c1-16-13-22(14-20(7-8-20)23-10-9-21-15-23)11-12-24(16)28(26,27)19-5-3-18(4-6-19)17(2)25/h3-6,9-10,15-16H,7-8,11-14H2,1-2H3/t16-/m1/s1. The monoisotopic (exact) mass is 402 g/mol. The predicted molar refractivity (Wildman–Crippen MR) is 106 cm³/mol. The molecular formula is C20H26N4O3S. The van der Waals surface area contributed by atoms with E-state index in [0.717, 1.165) is 19.4 Å². The predicted octanol–water partition coefficient (Wildman–Crippen LogP) is 1.97. The van der Waals surface area contributed by atoms with Gasteiger partial charge in [-0.25, -0.2) is 13.4 Å². The van der Waals surface area contributed by atoms with Crippen molar-refractivity contribution in [2.45, 2.75) is 43.2 Å². The van der Waals surface area contributed by atoms with Gasteiger partial charge in [0.2, 0.25) is 10.0 Å². The Hall–Kier alpha value is -2.03. The fourth-order valence-corrected chi connectivity index (χ4v) is 5.73. The van der Waals surface area contributed by atoms with Crippen LogP contribution in [0, 0.1) is 0 Å². The second kappa shape index (κ2) is 7.09. The zero-order valence-corrected chi connectivity index (χ0v) is 17.1. The normalized spacial score (nSPS) is 22.9. The number of aromatic nitrogens is 2. The van der Waals surface area contributed by atoms with Crippen LogP contribution in [0.1, 0.15) is 37.0 Å². The van der Waals surface area contributed by atoms with E-state index < -0.39 is 10.0 Å². The third-order valence-electron chi connectivity index (χ3n) is 5.92. The van der Waals surface area contributed by atoms with Crippen molar-refractivity contribution in [3.05, 3.63) is 48.5 Å². The van der Waals surface area contributed by atoms with Crippen molar-refractivity contribution in [3.8, 4) is 0 Å². The zero-order valence-electron chi connectivity index (χ0n) is 16.3. The number of hydrogen-bond donors (Lipinski definition) is 0. The summed E-state index contributed by atoms with van der Waals surface area (Å²) < 4.78 is 29.9. The number of ketones is 1. The third kappa shape index (κ3) is 3.52. The van der Waals surface area contributed by atoms with Gasteiger partial charge in [0.25, 0.3) is 0 Å². The van der Waals surface area contributed by atoms with Crippen molar-refractivity contribution in [2.75, 3.05) is 26.2 Å². The Labute approximate surface area is 166 Å². The summed E-state index contributed by atoms with van der Waals surface area (Å²) >= 11 is 0. The number of Topliss-reactive ketones (excluding diaryl/α,β-unsaturated/α-hetero) is 1. The summed E-state index contributed by atoms with van der Waals surface area (Å²) in [5.41, 5.74) is 0.644. The van der Waals surface area contributed by atoms with Crippen LogP contribution in [0.5, 0.6) is 0 Å². The highest BCUT2D eigenvalue weighted by Gasteiger charge is 2.46. The molecule has 0 radical (unpaired) electrons. The zero-order chi connectivity index (χ0) is 19.9. The lowest BCUT2D eigenvalue weighted by atomic mass is 10.2. The van der Waals surface area contributed by atoms with Crippen LogP contribution in [0.2, 0.25) is 0 Å². The van der Waals surface area contributed by atoms with Crippen LogP contribution in [-0.2, 0) is 15.6 Å². The quantitative estimate of drug-likeness (QED) is 0.691. The lowest BCUT2D eigenvalue weighted by Gasteiger charge is -2.40. The second-order valence-electron chi connectivity index (χ2n) is 7.97. The Morgan fingerprint density at radius 3 is 2.46 bits per heavy atom. The highest BCUT2D eigenvalue weighted by molar-refractivity contribution is 7.89. The van der Waals surface area contributed by atoms with Gasteiger partial charge in [-0.1, -0.05) is 12.1 Å². The maximum absolute atomic E-state index is 13.1. The van der Waals surface area contributed by atoms with Crippen LogP contribution in [0.15, 0.2) is 47.9 Å². The molecule has 1 saturated carbocycles. The summed E-state index contributed by atoms with van der Waals surface area (Å²) in [7, 11) is -3.57. The van der Waals surface area contributed by atoms with E-state index in [0.29, 0.717) is 25.2 Å². The minimum atomic E-state index is -3.57. The van der Waals surface area contributed by atoms with E-state index in [4.69, 9.17) is 0 Å². The van der Waals surface area contributed by atoms with Gasteiger partial charge in [-0.05, 0) is 38.8 Å². The summed E-state index contributed by atoms with van der Waals surface area (Å²) in [6.07, 6.45) is 7.98. The first kappa shape index (κ1) is 19.3. The molecule has 150 valence electrons. The Morgan fingerprint density at radius 2 is 1.93 bits per heavy atom. The Balaban J connectivity index is 1.44. The van der Waals surface area contributed by atoms with Crippen LogP contribution < -0.4 is 0 Å². The molecule has 1 aliphatic carbocycles. The van der Waals surface area contributed by atoms with Gasteiger partial charge < -0.3 is 4.57 Å². The molecular weight excluding hydrogens is 376 g/mol. The van der Waals surface area contributed by atoms with Crippen LogP contribution in [-0.4, -0.2) is 65.2 Å². The first-order valence-corrected chi connectivity index (χ1v) is 11.1. The van der Waals surface area contributed by atoms with Gasteiger partial charge in [0.15, 0.2) is 5.78 Å². The molecule has 0 unspecified atom stereocenters. The van der Waals surface area contributed by atoms with Crippen LogP contribution in [0.4, 0.5) is 0 Å². The topological polar surface area (TPSA) is 75.5 Å². The molecule has 0 N–H and O–H groups in total. The lowest BCUT2D eigenvalue weighted by molar-refractivity contribution is 0.101. The Kier molecular flexibility index (Phi) is 4.89. The smallest absolute Gasteiger partial charge is 0.243 e. The maximum Gasteiger partial charge on any atom is 0.243 e. The van der Waals surface area contributed by atoms with Crippen molar-refractivity contribution in [1.29, 1.82) is 0 Å². The number of carbonyl (C=O) groups is 1. The summed E-state index contributed by atoms with van der Waals surface area (Å²) in [5, 5.41) is 0. The third-order valence-corrected chi connectivity index (χ3v) is 7.94. The number of rotatable bonds is 6. The van der Waals surface area contributed by atoms with Gasteiger partial charge in [-0.2, -0.15) is 4.31 Å². The van der Waals surface area contributed by atoms with E-state index in [9.17, 15) is 13.2 Å². The molecule has 0 spiro atoms. The molecule has 7 nitrogen and oxygen atoms in total. The van der Waals surface area contributed by atoms with Gasteiger partial charge in [-0.15, -0.1) is 0 Å². The second-order valence-corrected chi connectivity index (χ2v) is 9.87. The molecule has 2 heterocycles. The minimum Gasteiger partial charge on any atom is -0.330 e. The Morgan fingerprint density at radius 1 is 1.21 bits per heavy atom. The largest absolute Gasteiger partial charge is 0.330 e. The maximum atomic E-state index is 13.1. The number of benzene rings is 1. The minimum absolute atomic E-state index is 0.0715. The van der Waals surface area contributed by atoms with Crippen LogP contribution >= 0.6 is 0 Å². The molecule has 1 aliphatic heterocycles. The summed E-state index contributed by atoms with van der Waals surface area (Å²) in [6, 6.07) is 6.12. The van der Waals surface area contributed by atoms with Crippen molar-refractivity contribution < 1.29 is 13.2 Å². The first-order valence-electron chi connectivity index (χ1n) is 9.65. The van der Waals surface area contributed by atoms with Gasteiger partial charge >= 0.3 is 0 Å². The van der Waals surface area contributed by atoms with Gasteiger partial charge in [0.05, 0.1) is 16.8 Å². The number of piperazine rings is 1. The van der Waals surface area contributed by atoms with E-state index in [2.05, 4.69) is 14.5 Å². The van der Waals surface area contributed by atoms with E-state index in [1.165, 1.54) is 19.1 Å². The van der Waals surface area contributed by atoms with E-state index in [1.54, 1.807) is 16.4 Å². The van der Waals surface area contributed by atoms with Gasteiger partial charge in [0, 0.05) is 50.2 Å². The van der Waals surface area contributed by atoms with E-state index in [1.807, 2.05) is 25.6 Å². The fraction of sp³-hybridized carbons (Fsp3) is 0.500. The Bertz CT molecular complexity index is 950. The first-order chi connectivity index (χ1) is 13.3. The molecule has 2 fully saturated rings. The molecule has 2 aromatic rings. The van der Waals surface area contributed by atoms with E-state index >= 15 is 0 Å². The highest BCUT2D eigenvalue weighted by atomic mass is 32.2. The van der Waals surface area contributed by atoms with Crippen molar-refractivity contribution in [1.82, 2.24) is 18.8 Å². The number of hydrogen-bond acceptors (Lipinski definition) is 5. The molecule has 2 aliphatic rings. The van der Waals surface area contributed by atoms with Gasteiger partial charge in [0.1, 0.15) is 0 Å². The number of nitrogens with zero attached hydrogens (tertiary/aromatic N) is 4. The molecule has 1 aromatic carbocycles. The van der Waals surface area contributed by atoms with E-state index in [-0.39, 0.29) is 22.3 Å². The number of imidazole rings is 1. The molecule has 0 amide bonds. The summed E-state index contributed by atoms with van der Waals surface area (Å²) in [4.78, 5) is 18.2. The summed E-state index contributed by atoms with van der Waals surface area (Å²) in [6.45, 7) is 6.26. The highest BCUT2D eigenvalue weighted by Crippen LogP contribution is 2.44. The molecule has 1 saturated heterocycles. The molecule has 28 heavy (non-hydrogen) atoms. The average Bonchev–Trinajstić information content (AvgIpc) is 3.22. The number of sulfonamides is 1. The molecule has 8 heteroatoms. The SMILES string of the molecule is CC(=O)c1ccc(S(=O)(=O)N2CCN(CC3(n4ccnc4)CC3)C[C@H]2C)cc1. The molecule has 4 rings (SSSR count). The number of carbonyl (C=O) groups excluding carboxylic acids is 1. The molecule has 0 bridgehead atoms.